The fourth-order valence-electron chi connectivity index (χ4n) is 2.24. The van der Waals surface area contributed by atoms with Crippen molar-refractivity contribution in [1.82, 2.24) is 15.3 Å². The number of carbonyl (C=O) groups excluding carboxylic acids is 1. The quantitative estimate of drug-likeness (QED) is 0.496. The molecule has 0 aliphatic rings. The van der Waals surface area contributed by atoms with Crippen LogP contribution in [0.3, 0.4) is 0 Å². The molecule has 0 saturated carbocycles. The summed E-state index contributed by atoms with van der Waals surface area (Å²) in [7, 11) is 0. The number of anilines is 1. The third-order valence-electron chi connectivity index (χ3n) is 3.65. The summed E-state index contributed by atoms with van der Waals surface area (Å²) < 4.78 is 0. The van der Waals surface area contributed by atoms with E-state index in [0.717, 1.165) is 32.2 Å². The number of hydrogen-bond donors (Lipinski definition) is 2. The molecule has 0 unspecified atom stereocenters. The molecule has 6 nitrogen and oxygen atoms in total. The second-order valence-corrected chi connectivity index (χ2v) is 6.38. The minimum atomic E-state index is -0.118. The Hall–Kier alpha value is -2.36. The standard InChI is InChI=1S/C18H19Cl2N5O/c19-15-12-24-18(25-16(15)20)23-10-4-2-1-3-9-22-17(26)14-7-5-13(11-21)6-8-14/h5-8,12H,1-4,9-10H2,(H,22,26)(H,23,24,25). The Kier molecular flexibility index (Phi) is 8.13. The van der Waals surface area contributed by atoms with Crippen molar-refractivity contribution in [2.75, 3.05) is 18.4 Å². The Labute approximate surface area is 162 Å². The Morgan fingerprint density at radius 2 is 1.77 bits per heavy atom. The van der Waals surface area contributed by atoms with Gasteiger partial charge >= 0.3 is 0 Å². The van der Waals surface area contributed by atoms with Crippen LogP contribution in [0.15, 0.2) is 30.5 Å². The summed E-state index contributed by atoms with van der Waals surface area (Å²) >= 11 is 11.6. The summed E-state index contributed by atoms with van der Waals surface area (Å²) in [4.78, 5) is 20.0. The smallest absolute Gasteiger partial charge is 0.251 e. The van der Waals surface area contributed by atoms with Crippen LogP contribution in [0.25, 0.3) is 0 Å². The number of nitrogens with one attached hydrogen (secondary N) is 2. The number of amides is 1. The minimum Gasteiger partial charge on any atom is -0.354 e. The van der Waals surface area contributed by atoms with E-state index in [0.29, 0.717) is 28.6 Å². The minimum absolute atomic E-state index is 0.118. The van der Waals surface area contributed by atoms with Crippen LogP contribution in [0.1, 0.15) is 41.6 Å². The first-order valence-corrected chi connectivity index (χ1v) is 9.06. The van der Waals surface area contributed by atoms with Crippen molar-refractivity contribution in [3.8, 4) is 6.07 Å². The molecule has 0 saturated heterocycles. The second kappa shape index (κ2) is 10.6. The van der Waals surface area contributed by atoms with Gasteiger partial charge in [-0.05, 0) is 37.1 Å². The first kappa shape index (κ1) is 20.0. The molecule has 136 valence electrons. The zero-order valence-corrected chi connectivity index (χ0v) is 15.6. The van der Waals surface area contributed by atoms with E-state index >= 15 is 0 Å². The van der Waals surface area contributed by atoms with Crippen molar-refractivity contribution in [3.05, 3.63) is 51.8 Å². The monoisotopic (exact) mass is 391 g/mol. The van der Waals surface area contributed by atoms with Crippen LogP contribution in [0.2, 0.25) is 10.2 Å². The molecule has 2 rings (SSSR count). The van der Waals surface area contributed by atoms with E-state index in [1.165, 1.54) is 6.20 Å². The van der Waals surface area contributed by atoms with E-state index in [9.17, 15) is 4.79 Å². The second-order valence-electron chi connectivity index (χ2n) is 5.62. The van der Waals surface area contributed by atoms with Crippen molar-refractivity contribution < 1.29 is 4.79 Å². The SMILES string of the molecule is N#Cc1ccc(C(=O)NCCCCCCNc2ncc(Cl)c(Cl)n2)cc1. The lowest BCUT2D eigenvalue weighted by molar-refractivity contribution is 0.0953. The maximum Gasteiger partial charge on any atom is 0.251 e. The first-order valence-electron chi connectivity index (χ1n) is 8.30. The number of hydrogen-bond acceptors (Lipinski definition) is 5. The molecule has 0 aliphatic carbocycles. The summed E-state index contributed by atoms with van der Waals surface area (Å²) in [6, 6.07) is 8.62. The number of rotatable bonds is 9. The van der Waals surface area contributed by atoms with Gasteiger partial charge < -0.3 is 10.6 Å². The summed E-state index contributed by atoms with van der Waals surface area (Å²) in [5.41, 5.74) is 1.11. The number of halogens is 2. The van der Waals surface area contributed by atoms with Gasteiger partial charge in [-0.2, -0.15) is 10.2 Å². The molecular formula is C18H19Cl2N5O. The molecule has 1 aromatic heterocycles. The zero-order chi connectivity index (χ0) is 18.8. The molecule has 2 aromatic rings. The van der Waals surface area contributed by atoms with Gasteiger partial charge in [0, 0.05) is 18.7 Å². The van der Waals surface area contributed by atoms with Crippen molar-refractivity contribution in [3.63, 3.8) is 0 Å². The highest BCUT2D eigenvalue weighted by Gasteiger charge is 2.04. The molecule has 26 heavy (non-hydrogen) atoms. The van der Waals surface area contributed by atoms with E-state index < -0.39 is 0 Å². The average Bonchev–Trinajstić information content (AvgIpc) is 2.66. The fourth-order valence-corrected chi connectivity index (χ4v) is 2.46. The van der Waals surface area contributed by atoms with Crippen LogP contribution < -0.4 is 10.6 Å². The summed E-state index contributed by atoms with van der Waals surface area (Å²) in [6.07, 6.45) is 5.38. The van der Waals surface area contributed by atoms with Gasteiger partial charge in [0.2, 0.25) is 5.95 Å². The normalized spacial score (nSPS) is 10.2. The predicted octanol–water partition coefficient (Wildman–Crippen LogP) is 4.06. The van der Waals surface area contributed by atoms with Crippen LogP contribution in [-0.4, -0.2) is 29.0 Å². The van der Waals surface area contributed by atoms with Gasteiger partial charge in [-0.3, -0.25) is 4.79 Å². The topological polar surface area (TPSA) is 90.7 Å². The predicted molar refractivity (Wildman–Crippen MR) is 102 cm³/mol. The van der Waals surface area contributed by atoms with Crippen LogP contribution in [0, 0.1) is 11.3 Å². The van der Waals surface area contributed by atoms with Crippen molar-refractivity contribution in [2.45, 2.75) is 25.7 Å². The van der Waals surface area contributed by atoms with Crippen LogP contribution >= 0.6 is 23.2 Å². The van der Waals surface area contributed by atoms with E-state index in [2.05, 4.69) is 20.6 Å². The fraction of sp³-hybridized carbons (Fsp3) is 0.333. The lowest BCUT2D eigenvalue weighted by Crippen LogP contribution is -2.24. The summed E-state index contributed by atoms with van der Waals surface area (Å²) in [5.74, 6) is 0.349. The maximum atomic E-state index is 11.9. The van der Waals surface area contributed by atoms with Crippen molar-refractivity contribution >= 4 is 35.1 Å². The summed E-state index contributed by atoms with van der Waals surface area (Å²) in [5, 5.41) is 15.3. The van der Waals surface area contributed by atoms with Crippen LogP contribution in [0.5, 0.6) is 0 Å². The Morgan fingerprint density at radius 1 is 1.08 bits per heavy atom. The number of benzene rings is 1. The van der Waals surface area contributed by atoms with E-state index in [1.807, 2.05) is 6.07 Å². The molecule has 2 N–H and O–H groups in total. The zero-order valence-electron chi connectivity index (χ0n) is 14.1. The van der Waals surface area contributed by atoms with E-state index in [-0.39, 0.29) is 11.1 Å². The maximum absolute atomic E-state index is 11.9. The molecule has 1 heterocycles. The highest BCUT2D eigenvalue weighted by Crippen LogP contribution is 2.18. The molecule has 0 bridgehead atoms. The summed E-state index contributed by atoms with van der Waals surface area (Å²) in [6.45, 7) is 1.37. The molecule has 0 atom stereocenters. The lowest BCUT2D eigenvalue weighted by Gasteiger charge is -2.07. The highest BCUT2D eigenvalue weighted by molar-refractivity contribution is 6.41. The van der Waals surface area contributed by atoms with Gasteiger partial charge in [0.1, 0.15) is 0 Å². The number of nitriles is 1. The third kappa shape index (κ3) is 6.51. The van der Waals surface area contributed by atoms with Crippen LogP contribution in [-0.2, 0) is 0 Å². The molecule has 0 spiro atoms. The molecule has 1 aromatic carbocycles. The van der Waals surface area contributed by atoms with Gasteiger partial charge in [-0.25, -0.2) is 4.98 Å². The van der Waals surface area contributed by atoms with Crippen molar-refractivity contribution in [1.29, 1.82) is 5.26 Å². The molecule has 8 heteroatoms. The molecule has 1 amide bonds. The molecule has 0 fully saturated rings. The van der Waals surface area contributed by atoms with Crippen LogP contribution in [0.4, 0.5) is 5.95 Å². The Bertz CT molecular complexity index is 774. The molecule has 0 aliphatic heterocycles. The number of carbonyl (C=O) groups is 1. The third-order valence-corrected chi connectivity index (χ3v) is 4.31. The lowest BCUT2D eigenvalue weighted by atomic mass is 10.1. The molecule has 0 radical (unpaired) electrons. The first-order chi connectivity index (χ1) is 12.6. The molecular weight excluding hydrogens is 373 g/mol. The van der Waals surface area contributed by atoms with Gasteiger partial charge in [-0.15, -0.1) is 0 Å². The average molecular weight is 392 g/mol. The van der Waals surface area contributed by atoms with Gasteiger partial charge in [-0.1, -0.05) is 36.0 Å². The van der Waals surface area contributed by atoms with Crippen molar-refractivity contribution in [2.24, 2.45) is 0 Å². The number of aromatic nitrogens is 2. The van der Waals surface area contributed by atoms with E-state index in [4.69, 9.17) is 28.5 Å². The number of nitrogens with zero attached hydrogens (tertiary/aromatic N) is 3. The van der Waals surface area contributed by atoms with E-state index in [1.54, 1.807) is 24.3 Å². The van der Waals surface area contributed by atoms with Gasteiger partial charge in [0.25, 0.3) is 5.91 Å². The Balaban J connectivity index is 1.54. The van der Waals surface area contributed by atoms with Gasteiger partial charge in [0.15, 0.2) is 5.15 Å². The van der Waals surface area contributed by atoms with Gasteiger partial charge in [0.05, 0.1) is 22.9 Å². The Morgan fingerprint density at radius 3 is 2.42 bits per heavy atom. The highest BCUT2D eigenvalue weighted by atomic mass is 35.5. The largest absolute Gasteiger partial charge is 0.354 e. The number of unbranched alkanes of at least 4 members (excludes halogenated alkanes) is 3.